The van der Waals surface area contributed by atoms with Crippen molar-refractivity contribution in [2.24, 2.45) is 0 Å². The van der Waals surface area contributed by atoms with E-state index in [9.17, 15) is 0 Å². The van der Waals surface area contributed by atoms with E-state index in [0.717, 1.165) is 25.1 Å². The summed E-state index contributed by atoms with van der Waals surface area (Å²) in [4.78, 5) is 11.0. The van der Waals surface area contributed by atoms with E-state index in [0.29, 0.717) is 19.3 Å². The Labute approximate surface area is 125 Å². The average molecular weight is 286 g/mol. The molecule has 0 aromatic carbocycles. The fourth-order valence-corrected chi connectivity index (χ4v) is 2.72. The SMILES string of the molecule is C[C@H]1c2ncc(CCOCc3cccnc3)n2CCN1C. The van der Waals surface area contributed by atoms with Crippen molar-refractivity contribution in [2.75, 3.05) is 20.2 Å². The molecule has 3 rings (SSSR count). The normalized spacial score (nSPS) is 18.7. The molecule has 0 saturated heterocycles. The van der Waals surface area contributed by atoms with Gasteiger partial charge in [0.2, 0.25) is 0 Å². The molecule has 0 N–H and O–H groups in total. The average Bonchev–Trinajstić information content (AvgIpc) is 2.92. The van der Waals surface area contributed by atoms with Gasteiger partial charge in [0.1, 0.15) is 5.82 Å². The van der Waals surface area contributed by atoms with Crippen molar-refractivity contribution in [1.82, 2.24) is 19.4 Å². The van der Waals surface area contributed by atoms with Gasteiger partial charge in [-0.25, -0.2) is 4.98 Å². The summed E-state index contributed by atoms with van der Waals surface area (Å²) in [5, 5.41) is 0. The molecule has 0 amide bonds. The third-order valence-electron chi connectivity index (χ3n) is 4.17. The van der Waals surface area contributed by atoms with Crippen molar-refractivity contribution in [3.05, 3.63) is 47.8 Å². The molecule has 0 aliphatic carbocycles. The predicted molar refractivity (Wildman–Crippen MR) is 80.9 cm³/mol. The Hall–Kier alpha value is -1.72. The molecular weight excluding hydrogens is 264 g/mol. The van der Waals surface area contributed by atoms with Crippen LogP contribution >= 0.6 is 0 Å². The Kier molecular flexibility index (Phi) is 4.31. The maximum absolute atomic E-state index is 5.74. The Morgan fingerprint density at radius 3 is 3.05 bits per heavy atom. The van der Waals surface area contributed by atoms with Gasteiger partial charge in [0, 0.05) is 43.8 Å². The highest BCUT2D eigenvalue weighted by atomic mass is 16.5. The fraction of sp³-hybridized carbons (Fsp3) is 0.500. The summed E-state index contributed by atoms with van der Waals surface area (Å²) >= 11 is 0. The summed E-state index contributed by atoms with van der Waals surface area (Å²) in [5.41, 5.74) is 2.39. The molecule has 0 saturated carbocycles. The van der Waals surface area contributed by atoms with Crippen molar-refractivity contribution < 1.29 is 4.74 Å². The topological polar surface area (TPSA) is 43.2 Å². The zero-order valence-corrected chi connectivity index (χ0v) is 12.7. The van der Waals surface area contributed by atoms with Gasteiger partial charge in [-0.15, -0.1) is 0 Å². The number of fused-ring (bicyclic) bond motifs is 1. The smallest absolute Gasteiger partial charge is 0.126 e. The first-order chi connectivity index (χ1) is 10.3. The van der Waals surface area contributed by atoms with E-state index in [2.05, 4.69) is 33.4 Å². The molecule has 2 aromatic heterocycles. The first-order valence-electron chi connectivity index (χ1n) is 7.47. The molecule has 5 heteroatoms. The standard InChI is InChI=1S/C16H22N4O/c1-13-16-18-11-15(20(16)8-7-19(13)2)5-9-21-12-14-4-3-6-17-10-14/h3-4,6,10-11,13H,5,7-9,12H2,1-2H3/t13-/m0/s1. The second kappa shape index (κ2) is 6.37. The number of nitrogens with zero attached hydrogens (tertiary/aromatic N) is 4. The molecule has 3 heterocycles. The summed E-state index contributed by atoms with van der Waals surface area (Å²) in [6.45, 7) is 5.64. The molecule has 0 spiro atoms. The van der Waals surface area contributed by atoms with Crippen LogP contribution in [0.1, 0.15) is 30.0 Å². The highest BCUT2D eigenvalue weighted by molar-refractivity contribution is 5.11. The van der Waals surface area contributed by atoms with E-state index in [1.54, 1.807) is 6.20 Å². The molecule has 0 radical (unpaired) electrons. The fourth-order valence-electron chi connectivity index (χ4n) is 2.72. The van der Waals surface area contributed by atoms with Gasteiger partial charge in [-0.3, -0.25) is 9.88 Å². The minimum Gasteiger partial charge on any atom is -0.376 e. The van der Waals surface area contributed by atoms with Crippen LogP contribution in [0.2, 0.25) is 0 Å². The maximum atomic E-state index is 5.74. The number of ether oxygens (including phenoxy) is 1. The van der Waals surface area contributed by atoms with Crippen molar-refractivity contribution >= 4 is 0 Å². The molecule has 21 heavy (non-hydrogen) atoms. The molecule has 0 fully saturated rings. The summed E-state index contributed by atoms with van der Waals surface area (Å²) in [6.07, 6.45) is 6.53. The first kappa shape index (κ1) is 14.2. The summed E-state index contributed by atoms with van der Waals surface area (Å²) < 4.78 is 8.09. The Morgan fingerprint density at radius 1 is 1.33 bits per heavy atom. The van der Waals surface area contributed by atoms with Crippen LogP contribution in [-0.4, -0.2) is 39.6 Å². The Balaban J connectivity index is 1.54. The number of rotatable bonds is 5. The van der Waals surface area contributed by atoms with Gasteiger partial charge in [0.15, 0.2) is 0 Å². The van der Waals surface area contributed by atoms with Crippen molar-refractivity contribution in [3.63, 3.8) is 0 Å². The van der Waals surface area contributed by atoms with E-state index >= 15 is 0 Å². The summed E-state index contributed by atoms with van der Waals surface area (Å²) in [5.74, 6) is 1.17. The number of pyridine rings is 1. The van der Waals surface area contributed by atoms with E-state index in [1.807, 2.05) is 24.5 Å². The zero-order valence-electron chi connectivity index (χ0n) is 12.7. The van der Waals surface area contributed by atoms with Crippen LogP contribution in [0.15, 0.2) is 30.7 Å². The summed E-state index contributed by atoms with van der Waals surface area (Å²) in [6, 6.07) is 4.36. The zero-order chi connectivity index (χ0) is 14.7. The lowest BCUT2D eigenvalue weighted by Crippen LogP contribution is -2.34. The van der Waals surface area contributed by atoms with Crippen LogP contribution in [0.25, 0.3) is 0 Å². The number of aromatic nitrogens is 3. The number of hydrogen-bond acceptors (Lipinski definition) is 4. The van der Waals surface area contributed by atoms with Gasteiger partial charge < -0.3 is 9.30 Å². The third-order valence-corrected chi connectivity index (χ3v) is 4.17. The lowest BCUT2D eigenvalue weighted by molar-refractivity contribution is 0.121. The largest absolute Gasteiger partial charge is 0.376 e. The minimum absolute atomic E-state index is 0.392. The molecule has 0 bridgehead atoms. The molecule has 112 valence electrons. The van der Waals surface area contributed by atoms with E-state index in [4.69, 9.17) is 4.74 Å². The second-order valence-corrected chi connectivity index (χ2v) is 5.58. The summed E-state index contributed by atoms with van der Waals surface area (Å²) in [7, 11) is 2.15. The monoisotopic (exact) mass is 286 g/mol. The molecule has 1 aliphatic rings. The van der Waals surface area contributed by atoms with Crippen LogP contribution < -0.4 is 0 Å². The van der Waals surface area contributed by atoms with E-state index < -0.39 is 0 Å². The van der Waals surface area contributed by atoms with Crippen molar-refractivity contribution in [2.45, 2.75) is 32.5 Å². The molecule has 1 atom stereocenters. The van der Waals surface area contributed by atoms with Crippen LogP contribution in [0.4, 0.5) is 0 Å². The van der Waals surface area contributed by atoms with Gasteiger partial charge in [0.25, 0.3) is 0 Å². The predicted octanol–water partition coefficient (Wildman–Crippen LogP) is 2.04. The van der Waals surface area contributed by atoms with Gasteiger partial charge >= 0.3 is 0 Å². The van der Waals surface area contributed by atoms with Crippen LogP contribution in [0.3, 0.4) is 0 Å². The van der Waals surface area contributed by atoms with E-state index in [-0.39, 0.29) is 0 Å². The second-order valence-electron chi connectivity index (χ2n) is 5.58. The van der Waals surface area contributed by atoms with Crippen LogP contribution in [-0.2, 0) is 24.3 Å². The van der Waals surface area contributed by atoms with Gasteiger partial charge in [0.05, 0.1) is 19.3 Å². The van der Waals surface area contributed by atoms with Crippen LogP contribution in [0.5, 0.6) is 0 Å². The van der Waals surface area contributed by atoms with Gasteiger partial charge in [-0.1, -0.05) is 6.07 Å². The molecule has 2 aromatic rings. The lowest BCUT2D eigenvalue weighted by atomic mass is 10.2. The van der Waals surface area contributed by atoms with Gasteiger partial charge in [-0.05, 0) is 25.6 Å². The molecule has 5 nitrogen and oxygen atoms in total. The molecule has 1 aliphatic heterocycles. The first-order valence-corrected chi connectivity index (χ1v) is 7.47. The molecule has 0 unspecified atom stereocenters. The third kappa shape index (κ3) is 3.14. The minimum atomic E-state index is 0.392. The van der Waals surface area contributed by atoms with Crippen molar-refractivity contribution in [1.29, 1.82) is 0 Å². The Bertz CT molecular complexity index is 581. The quantitative estimate of drug-likeness (QED) is 0.789. The maximum Gasteiger partial charge on any atom is 0.126 e. The van der Waals surface area contributed by atoms with Crippen LogP contribution in [0, 0.1) is 0 Å². The number of hydrogen-bond donors (Lipinski definition) is 0. The number of likely N-dealkylation sites (N-methyl/N-ethyl adjacent to an activating group) is 1. The molecular formula is C16H22N4O. The van der Waals surface area contributed by atoms with Gasteiger partial charge in [-0.2, -0.15) is 0 Å². The highest BCUT2D eigenvalue weighted by Gasteiger charge is 2.23. The number of imidazole rings is 1. The van der Waals surface area contributed by atoms with E-state index in [1.165, 1.54) is 11.5 Å². The highest BCUT2D eigenvalue weighted by Crippen LogP contribution is 2.23. The lowest BCUT2D eigenvalue weighted by Gasteiger charge is -2.31. The van der Waals surface area contributed by atoms with Crippen molar-refractivity contribution in [3.8, 4) is 0 Å². The Morgan fingerprint density at radius 2 is 2.24 bits per heavy atom.